The monoisotopic (exact) mass is 431 g/mol. The predicted molar refractivity (Wildman–Crippen MR) is 115 cm³/mol. The fourth-order valence-corrected chi connectivity index (χ4v) is 5.18. The molecule has 1 aromatic carbocycles. The van der Waals surface area contributed by atoms with Crippen LogP contribution in [0.5, 0.6) is 0 Å². The van der Waals surface area contributed by atoms with Gasteiger partial charge in [0.2, 0.25) is 5.43 Å². The third kappa shape index (κ3) is 2.94. The summed E-state index contributed by atoms with van der Waals surface area (Å²) in [6, 6.07) is 3.20. The molecular weight excluding hydrogens is 409 g/mol. The Balaban J connectivity index is 1.71. The highest BCUT2D eigenvalue weighted by Crippen LogP contribution is 2.41. The van der Waals surface area contributed by atoms with Gasteiger partial charge in [0, 0.05) is 30.1 Å². The number of pyridine rings is 1. The van der Waals surface area contributed by atoms with Crippen LogP contribution >= 0.6 is 11.5 Å². The van der Waals surface area contributed by atoms with Crippen molar-refractivity contribution >= 4 is 38.3 Å². The highest BCUT2D eigenvalue weighted by Gasteiger charge is 2.31. The van der Waals surface area contributed by atoms with Crippen LogP contribution in [-0.4, -0.2) is 29.1 Å². The van der Waals surface area contributed by atoms with Crippen LogP contribution < -0.4 is 27.1 Å². The maximum absolute atomic E-state index is 15.2. The van der Waals surface area contributed by atoms with Crippen molar-refractivity contribution in [1.82, 2.24) is 14.4 Å². The quantitative estimate of drug-likeness (QED) is 0.517. The van der Waals surface area contributed by atoms with Crippen LogP contribution in [0.15, 0.2) is 33.6 Å². The Morgan fingerprint density at radius 1 is 1.37 bits per heavy atom. The Kier molecular flexibility index (Phi) is 4.64. The maximum Gasteiger partial charge on any atom is 0.271 e. The number of hydrogen-bond acceptors (Lipinski definition) is 7. The molecule has 4 N–H and O–H groups in total. The number of nitrogens with two attached hydrogens (primary N) is 1. The number of halogens is 1. The molecule has 0 saturated heterocycles. The first kappa shape index (κ1) is 19.3. The molecule has 3 heterocycles. The molecule has 5 rings (SSSR count). The fourth-order valence-electron chi connectivity index (χ4n) is 4.26. The molecule has 30 heavy (non-hydrogen) atoms. The van der Waals surface area contributed by atoms with Crippen molar-refractivity contribution in [2.75, 3.05) is 25.1 Å². The molecule has 1 aliphatic carbocycles. The van der Waals surface area contributed by atoms with E-state index in [0.717, 1.165) is 36.5 Å². The average Bonchev–Trinajstić information content (AvgIpc) is 3.37. The highest BCUT2D eigenvalue weighted by molar-refractivity contribution is 7.12. The number of aromatic nitrogens is 2. The lowest BCUT2D eigenvalue weighted by Gasteiger charge is -2.20. The number of hydroxylamine groups is 1. The minimum absolute atomic E-state index is 0.0908. The minimum atomic E-state index is -0.505. The van der Waals surface area contributed by atoms with Crippen LogP contribution in [0.4, 0.5) is 10.1 Å². The second kappa shape index (κ2) is 7.22. The lowest BCUT2D eigenvalue weighted by molar-refractivity contribution is 0.109. The van der Waals surface area contributed by atoms with Gasteiger partial charge in [0.05, 0.1) is 24.0 Å². The van der Waals surface area contributed by atoms with Crippen LogP contribution in [0.3, 0.4) is 0 Å². The van der Waals surface area contributed by atoms with Crippen molar-refractivity contribution in [3.05, 3.63) is 50.4 Å². The topological polar surface area (TPSA) is 105 Å². The minimum Gasteiger partial charge on any atom is -0.343 e. The number of rotatable bonds is 6. The number of nitrogens with zero attached hydrogens (tertiary/aromatic N) is 2. The van der Waals surface area contributed by atoms with Crippen molar-refractivity contribution < 1.29 is 9.23 Å². The van der Waals surface area contributed by atoms with Gasteiger partial charge >= 0.3 is 0 Å². The number of benzene rings is 1. The van der Waals surface area contributed by atoms with Crippen LogP contribution in [-0.2, 0) is 4.84 Å². The van der Waals surface area contributed by atoms with E-state index in [0.29, 0.717) is 29.1 Å². The summed E-state index contributed by atoms with van der Waals surface area (Å²) in [5, 5.41) is 0.346. The number of hydrogen-bond donors (Lipinski definition) is 3. The molecule has 1 fully saturated rings. The summed E-state index contributed by atoms with van der Waals surface area (Å²) in [7, 11) is 1.53. The summed E-state index contributed by atoms with van der Waals surface area (Å²) in [5.74, 6) is -0.414. The maximum atomic E-state index is 15.2. The summed E-state index contributed by atoms with van der Waals surface area (Å²) < 4.78 is 19.8. The van der Waals surface area contributed by atoms with E-state index < -0.39 is 16.8 Å². The smallest absolute Gasteiger partial charge is 0.271 e. The molecule has 1 atom stereocenters. The highest BCUT2D eigenvalue weighted by atomic mass is 32.1. The molecule has 8 nitrogen and oxygen atoms in total. The van der Waals surface area contributed by atoms with Crippen molar-refractivity contribution in [1.29, 1.82) is 0 Å². The Hall–Kier alpha value is -2.69. The van der Waals surface area contributed by atoms with Crippen LogP contribution in [0, 0.1) is 11.7 Å². The van der Waals surface area contributed by atoms with E-state index >= 15 is 4.39 Å². The van der Waals surface area contributed by atoms with Gasteiger partial charge < -0.3 is 15.2 Å². The SMILES string of the molecule is CONC1=CN(c2cc3c(cc2F)c(=O)c2c(=O)[nH]sc2n3C2CC2)CC1CCN. The lowest BCUT2D eigenvalue weighted by Crippen LogP contribution is -2.24. The summed E-state index contributed by atoms with van der Waals surface area (Å²) in [6.45, 7) is 1.06. The molecule has 0 amide bonds. The molecule has 0 radical (unpaired) electrons. The molecule has 0 spiro atoms. The van der Waals surface area contributed by atoms with Gasteiger partial charge in [-0.15, -0.1) is 0 Å². The normalized spacial score (nSPS) is 19.1. The third-order valence-electron chi connectivity index (χ3n) is 5.80. The van der Waals surface area contributed by atoms with Crippen molar-refractivity contribution in [3.8, 4) is 0 Å². The Labute approximate surface area is 174 Å². The second-order valence-electron chi connectivity index (χ2n) is 7.78. The van der Waals surface area contributed by atoms with Gasteiger partial charge in [-0.3, -0.25) is 24.3 Å². The molecule has 1 saturated carbocycles. The van der Waals surface area contributed by atoms with Crippen molar-refractivity contribution in [2.45, 2.75) is 25.3 Å². The Bertz CT molecular complexity index is 1290. The van der Waals surface area contributed by atoms with E-state index in [1.165, 1.54) is 13.2 Å². The second-order valence-corrected chi connectivity index (χ2v) is 8.58. The number of anilines is 1. The van der Waals surface area contributed by atoms with Crippen molar-refractivity contribution in [3.63, 3.8) is 0 Å². The fraction of sp³-hybridized carbons (Fsp3) is 0.400. The van der Waals surface area contributed by atoms with Gasteiger partial charge in [-0.05, 0) is 49.5 Å². The van der Waals surface area contributed by atoms with E-state index in [1.807, 2.05) is 15.7 Å². The summed E-state index contributed by atoms with van der Waals surface area (Å²) in [4.78, 5) is 32.7. The first-order valence-electron chi connectivity index (χ1n) is 9.89. The van der Waals surface area contributed by atoms with Crippen LogP contribution in [0.2, 0.25) is 0 Å². The zero-order valence-corrected chi connectivity index (χ0v) is 17.2. The Morgan fingerprint density at radius 2 is 2.17 bits per heavy atom. The average molecular weight is 431 g/mol. The first-order valence-corrected chi connectivity index (χ1v) is 10.7. The number of H-pyrrole nitrogens is 1. The molecule has 3 aromatic rings. The van der Waals surface area contributed by atoms with Gasteiger partial charge in [-0.1, -0.05) is 0 Å². The summed E-state index contributed by atoms with van der Waals surface area (Å²) >= 11 is 1.16. The van der Waals surface area contributed by atoms with E-state index in [4.69, 9.17) is 10.6 Å². The number of fused-ring (bicyclic) bond motifs is 2. The van der Waals surface area contributed by atoms with Crippen LogP contribution in [0.1, 0.15) is 25.3 Å². The van der Waals surface area contributed by atoms with E-state index in [-0.39, 0.29) is 22.7 Å². The van der Waals surface area contributed by atoms with E-state index in [2.05, 4.69) is 9.85 Å². The summed E-state index contributed by atoms with van der Waals surface area (Å²) in [5.41, 5.74) is 9.62. The molecule has 158 valence electrons. The van der Waals surface area contributed by atoms with E-state index in [9.17, 15) is 9.59 Å². The summed E-state index contributed by atoms with van der Waals surface area (Å²) in [6.07, 6.45) is 4.49. The molecule has 1 aliphatic heterocycles. The number of aromatic amines is 1. The van der Waals surface area contributed by atoms with Gasteiger partial charge in [-0.25, -0.2) is 4.39 Å². The van der Waals surface area contributed by atoms with Gasteiger partial charge in [0.1, 0.15) is 16.0 Å². The molecular formula is C20H22FN5O3S. The molecule has 2 aliphatic rings. The largest absolute Gasteiger partial charge is 0.343 e. The van der Waals surface area contributed by atoms with Gasteiger partial charge in [-0.2, -0.15) is 0 Å². The molecule has 0 bridgehead atoms. The molecule has 10 heteroatoms. The van der Waals surface area contributed by atoms with Gasteiger partial charge in [0.15, 0.2) is 0 Å². The predicted octanol–water partition coefficient (Wildman–Crippen LogP) is 2.16. The zero-order valence-electron chi connectivity index (χ0n) is 16.4. The van der Waals surface area contributed by atoms with Crippen molar-refractivity contribution in [2.24, 2.45) is 11.7 Å². The Morgan fingerprint density at radius 3 is 2.87 bits per heavy atom. The van der Waals surface area contributed by atoms with E-state index in [1.54, 1.807) is 6.07 Å². The number of nitrogens with one attached hydrogen (secondary N) is 2. The third-order valence-corrected chi connectivity index (χ3v) is 6.69. The lowest BCUT2D eigenvalue weighted by atomic mass is 10.0. The van der Waals surface area contributed by atoms with Crippen LogP contribution in [0.25, 0.3) is 21.1 Å². The first-order chi connectivity index (χ1) is 14.5. The standard InChI is InChI=1S/C20H22FN5O3S/c1-29-23-14-9-25(8-10(14)4-5-22)16-7-15-12(6-13(16)21)18(27)17-19(28)24-30-20(17)26(15)11-2-3-11/h6-7,9-11,23H,2-5,8,22H2,1H3,(H,24,28). The zero-order chi connectivity index (χ0) is 21.0. The molecule has 1 unspecified atom stereocenters. The molecule has 2 aromatic heterocycles. The van der Waals surface area contributed by atoms with Gasteiger partial charge in [0.25, 0.3) is 5.56 Å².